The molecule has 0 unspecified atom stereocenters. The zero-order valence-electron chi connectivity index (χ0n) is 8.80. The van der Waals surface area contributed by atoms with Crippen LogP contribution in [0.25, 0.3) is 0 Å². The Morgan fingerprint density at radius 3 is 1.62 bits per heavy atom. The maximum Gasteiger partial charge on any atom is 0.0364 e. The summed E-state index contributed by atoms with van der Waals surface area (Å²) in [6.07, 6.45) is 2.64. The van der Waals surface area contributed by atoms with Crippen LogP contribution in [0.4, 0.5) is 11.4 Å². The zero-order chi connectivity index (χ0) is 10.3. The second kappa shape index (κ2) is 6.35. The van der Waals surface area contributed by atoms with Crippen LogP contribution in [0.5, 0.6) is 0 Å². The van der Waals surface area contributed by atoms with Crippen molar-refractivity contribution in [2.45, 2.75) is 33.6 Å². The Kier molecular flexibility index (Phi) is 5.77. The average Bonchev–Trinajstić information content (AvgIpc) is 2.14. The van der Waals surface area contributed by atoms with E-state index >= 15 is 0 Å². The standard InChI is InChI=1S/C7H10N2.C4H10/c1-5-6(8)3-2-4-7(5)9;1-3-4-2/h2-4H,8-9H2,1H3;3-4H2,1-2H3. The number of anilines is 2. The Bertz CT molecular complexity index is 222. The molecule has 4 N–H and O–H groups in total. The molecule has 0 saturated carbocycles. The van der Waals surface area contributed by atoms with Crippen LogP contribution in [-0.4, -0.2) is 0 Å². The molecule has 74 valence electrons. The fourth-order valence-electron chi connectivity index (χ4n) is 0.672. The molecule has 0 spiro atoms. The third kappa shape index (κ3) is 4.41. The Morgan fingerprint density at radius 2 is 1.38 bits per heavy atom. The van der Waals surface area contributed by atoms with Crippen LogP contribution in [0, 0.1) is 6.92 Å². The van der Waals surface area contributed by atoms with Gasteiger partial charge in [0.15, 0.2) is 0 Å². The van der Waals surface area contributed by atoms with Crippen LogP contribution in [0.1, 0.15) is 32.3 Å². The van der Waals surface area contributed by atoms with Gasteiger partial charge in [-0.05, 0) is 24.6 Å². The van der Waals surface area contributed by atoms with Crippen LogP contribution in [0.3, 0.4) is 0 Å². The van der Waals surface area contributed by atoms with E-state index in [1.54, 1.807) is 0 Å². The lowest BCUT2D eigenvalue weighted by atomic mass is 10.2. The number of unbranched alkanes of at least 4 members (excludes halogenated alkanes) is 1. The summed E-state index contributed by atoms with van der Waals surface area (Å²) in [6.45, 7) is 6.27. The molecule has 0 aliphatic carbocycles. The van der Waals surface area contributed by atoms with Crippen LogP contribution in [-0.2, 0) is 0 Å². The van der Waals surface area contributed by atoms with Gasteiger partial charge in [0.2, 0.25) is 0 Å². The quantitative estimate of drug-likeness (QED) is 0.653. The molecule has 0 aliphatic rings. The smallest absolute Gasteiger partial charge is 0.0364 e. The molecule has 0 bridgehead atoms. The Balaban J connectivity index is 0.000000310. The van der Waals surface area contributed by atoms with Crippen molar-refractivity contribution >= 4 is 11.4 Å². The second-order valence-electron chi connectivity index (χ2n) is 3.06. The van der Waals surface area contributed by atoms with E-state index in [1.807, 2.05) is 25.1 Å². The summed E-state index contributed by atoms with van der Waals surface area (Å²) in [4.78, 5) is 0. The summed E-state index contributed by atoms with van der Waals surface area (Å²) in [6, 6.07) is 5.52. The Labute approximate surface area is 80.9 Å². The van der Waals surface area contributed by atoms with Crippen LogP contribution >= 0.6 is 0 Å². The third-order valence-corrected chi connectivity index (χ3v) is 1.92. The molecule has 1 rings (SSSR count). The summed E-state index contributed by atoms with van der Waals surface area (Å²) >= 11 is 0. The van der Waals surface area contributed by atoms with Gasteiger partial charge < -0.3 is 11.5 Å². The first-order valence-electron chi connectivity index (χ1n) is 4.74. The molecule has 2 heteroatoms. The molecular weight excluding hydrogens is 160 g/mol. The lowest BCUT2D eigenvalue weighted by molar-refractivity contribution is 0.886. The van der Waals surface area contributed by atoms with E-state index in [0.717, 1.165) is 16.9 Å². The SMILES string of the molecule is CCCC.Cc1c(N)cccc1N. The van der Waals surface area contributed by atoms with Crippen molar-refractivity contribution in [1.29, 1.82) is 0 Å². The lowest BCUT2D eigenvalue weighted by Gasteiger charge is -2.00. The summed E-state index contributed by atoms with van der Waals surface area (Å²) in [5, 5.41) is 0. The molecule has 1 aromatic rings. The third-order valence-electron chi connectivity index (χ3n) is 1.92. The lowest BCUT2D eigenvalue weighted by Crippen LogP contribution is -1.94. The fourth-order valence-corrected chi connectivity index (χ4v) is 0.672. The highest BCUT2D eigenvalue weighted by Gasteiger charge is 1.93. The van der Waals surface area contributed by atoms with Gasteiger partial charge in [-0.2, -0.15) is 0 Å². The monoisotopic (exact) mass is 180 g/mol. The van der Waals surface area contributed by atoms with Gasteiger partial charge in [0.1, 0.15) is 0 Å². The van der Waals surface area contributed by atoms with Crippen molar-refractivity contribution in [1.82, 2.24) is 0 Å². The van der Waals surface area contributed by atoms with Crippen molar-refractivity contribution in [3.8, 4) is 0 Å². The molecule has 0 radical (unpaired) electrons. The fraction of sp³-hybridized carbons (Fsp3) is 0.455. The van der Waals surface area contributed by atoms with Crippen molar-refractivity contribution in [2.75, 3.05) is 11.5 Å². The van der Waals surface area contributed by atoms with E-state index in [4.69, 9.17) is 11.5 Å². The van der Waals surface area contributed by atoms with Crippen molar-refractivity contribution < 1.29 is 0 Å². The molecule has 0 saturated heterocycles. The second-order valence-corrected chi connectivity index (χ2v) is 3.06. The highest BCUT2D eigenvalue weighted by atomic mass is 14.6. The summed E-state index contributed by atoms with van der Waals surface area (Å²) in [5.74, 6) is 0. The number of nitrogen functional groups attached to an aromatic ring is 2. The van der Waals surface area contributed by atoms with E-state index in [9.17, 15) is 0 Å². The highest BCUT2D eigenvalue weighted by molar-refractivity contribution is 5.59. The molecule has 0 heterocycles. The van der Waals surface area contributed by atoms with Gasteiger partial charge in [0.25, 0.3) is 0 Å². The number of hydrogen-bond donors (Lipinski definition) is 2. The first-order chi connectivity index (χ1) is 6.13. The van der Waals surface area contributed by atoms with Gasteiger partial charge in [-0.15, -0.1) is 0 Å². The van der Waals surface area contributed by atoms with E-state index in [-0.39, 0.29) is 0 Å². The van der Waals surface area contributed by atoms with Gasteiger partial charge in [-0.1, -0.05) is 32.8 Å². The minimum absolute atomic E-state index is 0.759. The van der Waals surface area contributed by atoms with Gasteiger partial charge >= 0.3 is 0 Å². The molecule has 0 amide bonds. The number of rotatable bonds is 1. The molecule has 0 fully saturated rings. The van der Waals surface area contributed by atoms with Gasteiger partial charge in [-0.25, -0.2) is 0 Å². The predicted octanol–water partition coefficient (Wildman–Crippen LogP) is 2.97. The molecule has 0 aromatic heterocycles. The van der Waals surface area contributed by atoms with E-state index in [1.165, 1.54) is 12.8 Å². The van der Waals surface area contributed by atoms with Crippen LogP contribution < -0.4 is 11.5 Å². The Hall–Kier alpha value is -1.18. The van der Waals surface area contributed by atoms with Gasteiger partial charge in [0.05, 0.1) is 0 Å². The normalized spacial score (nSPS) is 8.85. The van der Waals surface area contributed by atoms with Gasteiger partial charge in [0, 0.05) is 11.4 Å². The maximum absolute atomic E-state index is 5.54. The molecule has 0 aliphatic heterocycles. The summed E-state index contributed by atoms with van der Waals surface area (Å²) in [5.41, 5.74) is 13.6. The Morgan fingerprint density at radius 1 is 1.00 bits per heavy atom. The van der Waals surface area contributed by atoms with E-state index < -0.39 is 0 Å². The number of nitrogens with two attached hydrogens (primary N) is 2. The topological polar surface area (TPSA) is 52.0 Å². The van der Waals surface area contributed by atoms with E-state index in [0.29, 0.717) is 0 Å². The summed E-state index contributed by atoms with van der Waals surface area (Å²) in [7, 11) is 0. The molecule has 1 aromatic carbocycles. The summed E-state index contributed by atoms with van der Waals surface area (Å²) < 4.78 is 0. The number of hydrogen-bond acceptors (Lipinski definition) is 2. The predicted molar refractivity (Wildman–Crippen MR) is 60.6 cm³/mol. The maximum atomic E-state index is 5.54. The highest BCUT2D eigenvalue weighted by Crippen LogP contribution is 2.16. The first-order valence-corrected chi connectivity index (χ1v) is 4.74. The molecule has 0 atom stereocenters. The molecular formula is C11H20N2. The molecule has 13 heavy (non-hydrogen) atoms. The van der Waals surface area contributed by atoms with Crippen molar-refractivity contribution in [3.05, 3.63) is 23.8 Å². The number of benzene rings is 1. The van der Waals surface area contributed by atoms with Crippen LogP contribution in [0.2, 0.25) is 0 Å². The minimum Gasteiger partial charge on any atom is -0.398 e. The largest absolute Gasteiger partial charge is 0.398 e. The van der Waals surface area contributed by atoms with Crippen molar-refractivity contribution in [3.63, 3.8) is 0 Å². The molecule has 2 nitrogen and oxygen atoms in total. The average molecular weight is 180 g/mol. The minimum atomic E-state index is 0.759. The van der Waals surface area contributed by atoms with Crippen LogP contribution in [0.15, 0.2) is 18.2 Å². The zero-order valence-corrected chi connectivity index (χ0v) is 8.80. The van der Waals surface area contributed by atoms with Gasteiger partial charge in [-0.3, -0.25) is 0 Å². The van der Waals surface area contributed by atoms with E-state index in [2.05, 4.69) is 13.8 Å². The van der Waals surface area contributed by atoms with Crippen molar-refractivity contribution in [2.24, 2.45) is 0 Å². The first kappa shape index (κ1) is 11.8.